The van der Waals surface area contributed by atoms with Gasteiger partial charge in [-0.2, -0.15) is 10.1 Å². The largest absolute Gasteiger partial charge is 0.329 e. The van der Waals surface area contributed by atoms with E-state index >= 15 is 0 Å². The van der Waals surface area contributed by atoms with Crippen LogP contribution in [0.15, 0.2) is 69.3 Å². The van der Waals surface area contributed by atoms with Gasteiger partial charge in [-0.15, -0.1) is 0 Å². The van der Waals surface area contributed by atoms with E-state index in [9.17, 15) is 9.59 Å². The third kappa shape index (κ3) is 3.93. The minimum absolute atomic E-state index is 0.310. The first-order valence-electron chi connectivity index (χ1n) is 9.62. The number of aromatic amines is 1. The SMILES string of the molecule is Cc1ccc(/C=N/Nc2nc3c(c(=O)[nH]c(=O)n3C)n2CCc2ccccc2)cc1. The lowest BCUT2D eigenvalue weighted by molar-refractivity contribution is 0.716. The van der Waals surface area contributed by atoms with Crippen LogP contribution >= 0.6 is 0 Å². The lowest BCUT2D eigenvalue weighted by Crippen LogP contribution is -2.29. The van der Waals surface area contributed by atoms with Crippen molar-refractivity contribution in [2.45, 2.75) is 19.9 Å². The van der Waals surface area contributed by atoms with Crippen LogP contribution in [0.1, 0.15) is 16.7 Å². The molecule has 0 atom stereocenters. The quantitative estimate of drug-likeness (QED) is 0.382. The molecule has 2 heterocycles. The van der Waals surface area contributed by atoms with E-state index in [0.717, 1.165) is 11.1 Å². The van der Waals surface area contributed by atoms with Gasteiger partial charge in [-0.1, -0.05) is 60.2 Å². The molecule has 0 aliphatic heterocycles. The van der Waals surface area contributed by atoms with Gasteiger partial charge in [-0.3, -0.25) is 14.3 Å². The van der Waals surface area contributed by atoms with Crippen LogP contribution in [0.4, 0.5) is 5.95 Å². The number of hydrogen-bond acceptors (Lipinski definition) is 5. The van der Waals surface area contributed by atoms with Crippen molar-refractivity contribution >= 4 is 23.3 Å². The van der Waals surface area contributed by atoms with Crippen molar-refractivity contribution in [3.8, 4) is 0 Å². The smallest absolute Gasteiger partial charge is 0.303 e. The molecule has 0 aliphatic carbocycles. The number of rotatable bonds is 6. The standard InChI is InChI=1S/C22H22N6O2/c1-15-8-10-17(11-9-15)14-23-26-21-24-19-18(20(29)25-22(30)27(19)2)28(21)13-12-16-6-4-3-5-7-16/h3-11,14H,12-13H2,1-2H3,(H,24,26)(H,25,29,30)/b23-14+. The molecule has 0 unspecified atom stereocenters. The monoisotopic (exact) mass is 402 g/mol. The van der Waals surface area contributed by atoms with Crippen molar-refractivity contribution in [2.24, 2.45) is 12.1 Å². The van der Waals surface area contributed by atoms with Crippen molar-refractivity contribution in [1.29, 1.82) is 0 Å². The number of aryl methyl sites for hydroxylation is 4. The maximum Gasteiger partial charge on any atom is 0.329 e. The third-order valence-corrected chi connectivity index (χ3v) is 4.93. The van der Waals surface area contributed by atoms with E-state index in [1.807, 2.05) is 61.5 Å². The summed E-state index contributed by atoms with van der Waals surface area (Å²) in [6.07, 6.45) is 2.38. The Morgan fingerprint density at radius 2 is 1.83 bits per heavy atom. The molecule has 152 valence electrons. The molecule has 4 rings (SSSR count). The summed E-state index contributed by atoms with van der Waals surface area (Å²) >= 11 is 0. The lowest BCUT2D eigenvalue weighted by atomic mass is 10.1. The molecule has 30 heavy (non-hydrogen) atoms. The highest BCUT2D eigenvalue weighted by Gasteiger charge is 2.17. The number of nitrogens with one attached hydrogen (secondary N) is 2. The third-order valence-electron chi connectivity index (χ3n) is 4.93. The first kappa shape index (κ1) is 19.4. The Hall–Kier alpha value is -3.94. The second-order valence-corrected chi connectivity index (χ2v) is 7.09. The fourth-order valence-corrected chi connectivity index (χ4v) is 3.24. The van der Waals surface area contributed by atoms with Crippen LogP contribution in [0.3, 0.4) is 0 Å². The average Bonchev–Trinajstić information content (AvgIpc) is 3.12. The van der Waals surface area contributed by atoms with Gasteiger partial charge in [0, 0.05) is 13.6 Å². The molecule has 0 radical (unpaired) electrons. The maximum atomic E-state index is 12.5. The van der Waals surface area contributed by atoms with Crippen molar-refractivity contribution in [3.05, 3.63) is 92.1 Å². The second kappa shape index (κ2) is 8.20. The number of nitrogens with zero attached hydrogens (tertiary/aromatic N) is 4. The predicted octanol–water partition coefficient (Wildman–Crippen LogP) is 2.42. The highest BCUT2D eigenvalue weighted by Crippen LogP contribution is 2.16. The summed E-state index contributed by atoms with van der Waals surface area (Å²) in [5, 5.41) is 4.28. The number of H-pyrrole nitrogens is 1. The number of imidazole rings is 1. The molecule has 2 aromatic carbocycles. The van der Waals surface area contributed by atoms with Crippen LogP contribution in [-0.2, 0) is 20.0 Å². The number of benzene rings is 2. The molecule has 8 nitrogen and oxygen atoms in total. The van der Waals surface area contributed by atoms with Gasteiger partial charge >= 0.3 is 5.69 Å². The van der Waals surface area contributed by atoms with Gasteiger partial charge in [0.05, 0.1) is 6.21 Å². The molecule has 2 N–H and O–H groups in total. The highest BCUT2D eigenvalue weighted by atomic mass is 16.2. The maximum absolute atomic E-state index is 12.5. The number of fused-ring (bicyclic) bond motifs is 1. The van der Waals surface area contributed by atoms with Crippen molar-refractivity contribution in [2.75, 3.05) is 5.43 Å². The summed E-state index contributed by atoms with van der Waals surface area (Å²) in [5.74, 6) is 0.399. The van der Waals surface area contributed by atoms with Gasteiger partial charge in [-0.05, 0) is 24.5 Å². The van der Waals surface area contributed by atoms with E-state index < -0.39 is 11.2 Å². The first-order chi connectivity index (χ1) is 14.5. The van der Waals surface area contributed by atoms with Gasteiger partial charge in [0.2, 0.25) is 5.95 Å². The van der Waals surface area contributed by atoms with Gasteiger partial charge in [0.1, 0.15) is 0 Å². The van der Waals surface area contributed by atoms with E-state index in [2.05, 4.69) is 20.5 Å². The molecule has 0 amide bonds. The minimum atomic E-state index is -0.505. The van der Waals surface area contributed by atoms with Crippen molar-refractivity contribution < 1.29 is 0 Å². The second-order valence-electron chi connectivity index (χ2n) is 7.09. The summed E-state index contributed by atoms with van der Waals surface area (Å²) in [4.78, 5) is 31.3. The van der Waals surface area contributed by atoms with Gasteiger partial charge in [0.15, 0.2) is 11.2 Å². The summed E-state index contributed by atoms with van der Waals surface area (Å²) in [7, 11) is 1.58. The molecule has 4 aromatic rings. The number of anilines is 1. The van der Waals surface area contributed by atoms with Crippen LogP contribution in [0.5, 0.6) is 0 Å². The molecule has 0 aliphatic rings. The Morgan fingerprint density at radius 3 is 2.57 bits per heavy atom. The zero-order valence-corrected chi connectivity index (χ0v) is 16.8. The Morgan fingerprint density at radius 1 is 1.10 bits per heavy atom. The molecule has 2 aromatic heterocycles. The molecule has 0 spiro atoms. The van der Waals surface area contributed by atoms with Crippen LogP contribution in [0.2, 0.25) is 0 Å². The summed E-state index contributed by atoms with van der Waals surface area (Å²) in [6, 6.07) is 17.9. The summed E-state index contributed by atoms with van der Waals surface area (Å²) < 4.78 is 3.08. The van der Waals surface area contributed by atoms with Crippen LogP contribution < -0.4 is 16.7 Å². The van der Waals surface area contributed by atoms with Gasteiger partial charge < -0.3 is 4.57 Å². The fourth-order valence-electron chi connectivity index (χ4n) is 3.24. The summed E-state index contributed by atoms with van der Waals surface area (Å²) in [6.45, 7) is 2.53. The molecule has 0 bridgehead atoms. The van der Waals surface area contributed by atoms with Gasteiger partial charge in [-0.25, -0.2) is 10.2 Å². The predicted molar refractivity (Wildman–Crippen MR) is 118 cm³/mol. The molecule has 0 saturated heterocycles. The Kier molecular flexibility index (Phi) is 5.30. The first-order valence-corrected chi connectivity index (χ1v) is 9.62. The van der Waals surface area contributed by atoms with Crippen LogP contribution in [0.25, 0.3) is 11.2 Å². The van der Waals surface area contributed by atoms with Crippen molar-refractivity contribution in [3.63, 3.8) is 0 Å². The lowest BCUT2D eigenvalue weighted by Gasteiger charge is -2.08. The zero-order valence-electron chi connectivity index (χ0n) is 16.8. The van der Waals surface area contributed by atoms with Crippen LogP contribution in [-0.4, -0.2) is 25.3 Å². The van der Waals surface area contributed by atoms with E-state index in [1.165, 1.54) is 10.1 Å². The minimum Gasteiger partial charge on any atom is -0.303 e. The molecule has 0 fully saturated rings. The Bertz CT molecular complexity index is 1310. The number of hydrogen-bond donors (Lipinski definition) is 2. The number of hydrazone groups is 1. The van der Waals surface area contributed by atoms with E-state index in [4.69, 9.17) is 0 Å². The molecule has 8 heteroatoms. The highest BCUT2D eigenvalue weighted by molar-refractivity contribution is 5.80. The van der Waals surface area contributed by atoms with E-state index in [1.54, 1.807) is 17.8 Å². The summed E-state index contributed by atoms with van der Waals surface area (Å²) in [5.41, 5.74) is 5.84. The molecular weight excluding hydrogens is 380 g/mol. The van der Waals surface area contributed by atoms with Crippen molar-refractivity contribution in [1.82, 2.24) is 19.1 Å². The van der Waals surface area contributed by atoms with Crippen LogP contribution in [0, 0.1) is 6.92 Å². The van der Waals surface area contributed by atoms with E-state index in [0.29, 0.717) is 30.1 Å². The normalized spacial score (nSPS) is 11.4. The molecular formula is C22H22N6O2. The fraction of sp³-hybridized carbons (Fsp3) is 0.182. The number of aromatic nitrogens is 4. The Labute approximate surface area is 172 Å². The molecule has 0 saturated carbocycles. The topological polar surface area (TPSA) is 97.1 Å². The van der Waals surface area contributed by atoms with E-state index in [-0.39, 0.29) is 0 Å². The van der Waals surface area contributed by atoms with Gasteiger partial charge in [0.25, 0.3) is 5.56 Å². The average molecular weight is 402 g/mol. The zero-order chi connectivity index (χ0) is 21.1. The Balaban J connectivity index is 1.70.